The van der Waals surface area contributed by atoms with E-state index in [0.29, 0.717) is 5.02 Å². The fourth-order valence-electron chi connectivity index (χ4n) is 1.80. The van der Waals surface area contributed by atoms with Crippen LogP contribution in [0.1, 0.15) is 0 Å². The van der Waals surface area contributed by atoms with E-state index < -0.39 is 28.3 Å². The topological polar surface area (TPSA) is 80.5 Å². The highest BCUT2D eigenvalue weighted by Crippen LogP contribution is 2.25. The lowest BCUT2D eigenvalue weighted by molar-refractivity contribution is -0.116. The number of hydrogen-bond donors (Lipinski definition) is 1. The number of sulfonamides is 1. The number of anilines is 1. The molecule has 0 aromatic heterocycles. The van der Waals surface area contributed by atoms with Gasteiger partial charge in [0.2, 0.25) is 5.91 Å². The first-order valence-corrected chi connectivity index (χ1v) is 7.94. The highest BCUT2D eigenvalue weighted by molar-refractivity contribution is 7.92. The lowest BCUT2D eigenvalue weighted by atomic mass is 10.3. The smallest absolute Gasteiger partial charge is 0.264 e. The highest BCUT2D eigenvalue weighted by Gasteiger charge is 2.26. The largest absolute Gasteiger partial charge is 0.368 e. The number of rotatable bonds is 5. The van der Waals surface area contributed by atoms with Crippen molar-refractivity contribution in [3.8, 4) is 0 Å². The van der Waals surface area contributed by atoms with Gasteiger partial charge in [0.25, 0.3) is 10.0 Å². The molecule has 0 atom stereocenters. The third-order valence-corrected chi connectivity index (χ3v) is 4.86. The Balaban J connectivity index is 2.50. The van der Waals surface area contributed by atoms with Crippen LogP contribution in [-0.4, -0.2) is 20.9 Å². The van der Waals surface area contributed by atoms with E-state index in [-0.39, 0.29) is 10.6 Å². The van der Waals surface area contributed by atoms with Crippen molar-refractivity contribution in [3.63, 3.8) is 0 Å². The van der Waals surface area contributed by atoms with Gasteiger partial charge in [-0.3, -0.25) is 9.10 Å². The van der Waals surface area contributed by atoms with Gasteiger partial charge in [-0.1, -0.05) is 11.6 Å². The van der Waals surface area contributed by atoms with Crippen molar-refractivity contribution < 1.29 is 17.6 Å². The van der Waals surface area contributed by atoms with Gasteiger partial charge in [0, 0.05) is 5.02 Å². The zero-order valence-electron chi connectivity index (χ0n) is 11.2. The maximum absolute atomic E-state index is 13.0. The summed E-state index contributed by atoms with van der Waals surface area (Å²) >= 11 is 5.77. The summed E-state index contributed by atoms with van der Waals surface area (Å²) in [4.78, 5) is 11.1. The summed E-state index contributed by atoms with van der Waals surface area (Å²) < 4.78 is 39.1. The quantitative estimate of drug-likeness (QED) is 0.904. The predicted octanol–water partition coefficient (Wildman–Crippen LogP) is 2.16. The van der Waals surface area contributed by atoms with Gasteiger partial charge < -0.3 is 5.73 Å². The number of hydrogen-bond acceptors (Lipinski definition) is 3. The first-order valence-electron chi connectivity index (χ1n) is 6.13. The zero-order chi connectivity index (χ0) is 16.3. The SMILES string of the molecule is NC(=O)CN(c1ccc(Cl)cc1)S(=O)(=O)c1ccc(F)cc1. The molecule has 2 rings (SSSR count). The van der Waals surface area contributed by atoms with Crippen LogP contribution < -0.4 is 10.0 Å². The molecule has 0 aliphatic rings. The van der Waals surface area contributed by atoms with Crippen molar-refractivity contribution in [1.29, 1.82) is 0 Å². The maximum atomic E-state index is 13.0. The minimum absolute atomic E-state index is 0.148. The molecule has 0 unspecified atom stereocenters. The molecule has 0 radical (unpaired) electrons. The fraction of sp³-hybridized carbons (Fsp3) is 0.0714. The number of halogens is 2. The molecule has 0 fully saturated rings. The zero-order valence-corrected chi connectivity index (χ0v) is 12.8. The first kappa shape index (κ1) is 16.3. The number of primary amides is 1. The highest BCUT2D eigenvalue weighted by atomic mass is 35.5. The van der Waals surface area contributed by atoms with Crippen molar-refractivity contribution >= 4 is 33.2 Å². The second-order valence-electron chi connectivity index (χ2n) is 4.41. The number of amides is 1. The molecule has 5 nitrogen and oxygen atoms in total. The van der Waals surface area contributed by atoms with Gasteiger partial charge >= 0.3 is 0 Å². The molecule has 2 N–H and O–H groups in total. The summed E-state index contributed by atoms with van der Waals surface area (Å²) in [6.45, 7) is -0.540. The summed E-state index contributed by atoms with van der Waals surface area (Å²) in [7, 11) is -4.06. The second-order valence-corrected chi connectivity index (χ2v) is 6.71. The lowest BCUT2D eigenvalue weighted by Gasteiger charge is -2.23. The summed E-state index contributed by atoms with van der Waals surface area (Å²) in [5.41, 5.74) is 5.36. The van der Waals surface area contributed by atoms with Crippen molar-refractivity contribution in [2.24, 2.45) is 5.73 Å². The molecular formula is C14H12ClFN2O3S. The number of carbonyl (C=O) groups is 1. The Bertz CT molecular complexity index is 777. The van der Waals surface area contributed by atoms with Gasteiger partial charge in [-0.05, 0) is 48.5 Å². The van der Waals surface area contributed by atoms with Crippen LogP contribution in [0.5, 0.6) is 0 Å². The van der Waals surface area contributed by atoms with Crippen LogP contribution >= 0.6 is 11.6 Å². The molecule has 22 heavy (non-hydrogen) atoms. The van der Waals surface area contributed by atoms with E-state index in [9.17, 15) is 17.6 Å². The summed E-state index contributed by atoms with van der Waals surface area (Å²) in [5.74, 6) is -1.38. The van der Waals surface area contributed by atoms with Crippen LogP contribution in [0.4, 0.5) is 10.1 Å². The number of carbonyl (C=O) groups excluding carboxylic acids is 1. The van der Waals surface area contributed by atoms with Crippen LogP contribution in [0.3, 0.4) is 0 Å². The van der Waals surface area contributed by atoms with E-state index in [0.717, 1.165) is 28.6 Å². The third kappa shape index (κ3) is 3.55. The molecule has 0 saturated carbocycles. The summed E-state index contributed by atoms with van der Waals surface area (Å²) in [5, 5.41) is 0.418. The summed E-state index contributed by atoms with van der Waals surface area (Å²) in [6.07, 6.45) is 0. The van der Waals surface area contributed by atoms with Crippen molar-refractivity contribution in [3.05, 3.63) is 59.4 Å². The molecule has 0 aliphatic heterocycles. The summed E-state index contributed by atoms with van der Waals surface area (Å²) in [6, 6.07) is 10.2. The monoisotopic (exact) mass is 342 g/mol. The molecule has 0 saturated heterocycles. The van der Waals surface area contributed by atoms with Gasteiger partial charge in [-0.15, -0.1) is 0 Å². The Morgan fingerprint density at radius 2 is 1.64 bits per heavy atom. The van der Waals surface area contributed by atoms with Gasteiger partial charge in [-0.2, -0.15) is 0 Å². The molecule has 8 heteroatoms. The minimum atomic E-state index is -4.06. The predicted molar refractivity (Wildman–Crippen MR) is 81.6 cm³/mol. The lowest BCUT2D eigenvalue weighted by Crippen LogP contribution is -2.38. The normalized spacial score (nSPS) is 11.2. The van der Waals surface area contributed by atoms with Gasteiger partial charge in [-0.25, -0.2) is 12.8 Å². The Morgan fingerprint density at radius 1 is 1.09 bits per heavy atom. The molecular weight excluding hydrogens is 331 g/mol. The van der Waals surface area contributed by atoms with E-state index in [1.807, 2.05) is 0 Å². The average molecular weight is 343 g/mol. The van der Waals surface area contributed by atoms with Gasteiger partial charge in [0.15, 0.2) is 0 Å². The van der Waals surface area contributed by atoms with Crippen LogP contribution in [0.2, 0.25) is 5.02 Å². The molecule has 1 amide bonds. The fourth-order valence-corrected chi connectivity index (χ4v) is 3.35. The van der Waals surface area contributed by atoms with Gasteiger partial charge in [0.05, 0.1) is 10.6 Å². The Labute approximate surface area is 132 Å². The first-order chi connectivity index (χ1) is 10.3. The van der Waals surface area contributed by atoms with Crippen LogP contribution in [-0.2, 0) is 14.8 Å². The Hall–Kier alpha value is -2.12. The van der Waals surface area contributed by atoms with E-state index in [2.05, 4.69) is 0 Å². The number of nitrogens with zero attached hydrogens (tertiary/aromatic N) is 1. The maximum Gasteiger partial charge on any atom is 0.264 e. The third-order valence-electron chi connectivity index (χ3n) is 2.82. The Morgan fingerprint density at radius 3 is 2.14 bits per heavy atom. The number of benzene rings is 2. The molecule has 0 heterocycles. The van der Waals surface area contributed by atoms with E-state index >= 15 is 0 Å². The van der Waals surface area contributed by atoms with E-state index in [1.165, 1.54) is 24.3 Å². The average Bonchev–Trinajstić information content (AvgIpc) is 2.46. The molecule has 0 bridgehead atoms. The van der Waals surface area contributed by atoms with Crippen LogP contribution in [0.15, 0.2) is 53.4 Å². The molecule has 0 spiro atoms. The number of nitrogens with two attached hydrogens (primary N) is 1. The van der Waals surface area contributed by atoms with Crippen LogP contribution in [0.25, 0.3) is 0 Å². The standard InChI is InChI=1S/C14H12ClFN2O3S/c15-10-1-5-12(6-2-10)18(9-14(17)19)22(20,21)13-7-3-11(16)4-8-13/h1-8H,9H2,(H2,17,19). The molecule has 2 aromatic carbocycles. The molecule has 2 aromatic rings. The van der Waals surface area contributed by atoms with Gasteiger partial charge in [0.1, 0.15) is 12.4 Å². The van der Waals surface area contributed by atoms with E-state index in [4.69, 9.17) is 17.3 Å². The minimum Gasteiger partial charge on any atom is -0.368 e. The molecule has 0 aliphatic carbocycles. The Kier molecular flexibility index (Phi) is 4.68. The van der Waals surface area contributed by atoms with Crippen LogP contribution in [0, 0.1) is 5.82 Å². The van der Waals surface area contributed by atoms with Crippen molar-refractivity contribution in [2.75, 3.05) is 10.8 Å². The second kappa shape index (κ2) is 6.33. The van der Waals surface area contributed by atoms with Crippen molar-refractivity contribution in [1.82, 2.24) is 0 Å². The van der Waals surface area contributed by atoms with Crippen molar-refractivity contribution in [2.45, 2.75) is 4.90 Å². The van der Waals surface area contributed by atoms with E-state index in [1.54, 1.807) is 0 Å². The molecule has 116 valence electrons.